The van der Waals surface area contributed by atoms with Crippen LogP contribution in [0.1, 0.15) is 35.7 Å². The molecule has 2 aromatic rings. The topological polar surface area (TPSA) is 99.7 Å². The maximum absolute atomic E-state index is 13.0. The van der Waals surface area contributed by atoms with Crippen LogP contribution in [-0.2, 0) is 16.1 Å². The minimum absolute atomic E-state index is 0.0571. The van der Waals surface area contributed by atoms with Crippen molar-refractivity contribution in [2.24, 2.45) is 5.73 Å². The number of nitrogens with zero attached hydrogens (tertiary/aromatic N) is 3. The van der Waals surface area contributed by atoms with Crippen LogP contribution in [-0.4, -0.2) is 58.4 Å². The monoisotopic (exact) mass is 434 g/mol. The number of benzene rings is 1. The summed E-state index contributed by atoms with van der Waals surface area (Å²) in [7, 11) is 0. The number of carbonyl (C=O) groups is 2. The summed E-state index contributed by atoms with van der Waals surface area (Å²) in [5.41, 5.74) is 5.85. The molecule has 2 amide bonds. The molecule has 1 aromatic carbocycles. The molecule has 30 heavy (non-hydrogen) atoms. The molecule has 0 unspecified atom stereocenters. The van der Waals surface area contributed by atoms with E-state index in [1.165, 1.54) is 0 Å². The summed E-state index contributed by atoms with van der Waals surface area (Å²) >= 11 is 6.07. The van der Waals surface area contributed by atoms with Crippen molar-refractivity contribution in [3.63, 3.8) is 0 Å². The minimum Gasteiger partial charge on any atom is -0.490 e. The van der Waals surface area contributed by atoms with Gasteiger partial charge >= 0.3 is 0 Å². The molecule has 1 aromatic heterocycles. The maximum atomic E-state index is 13.0. The Morgan fingerprint density at radius 1 is 1.40 bits per heavy atom. The zero-order valence-corrected chi connectivity index (χ0v) is 18.0. The molecule has 0 saturated carbocycles. The number of amides is 2. The smallest absolute Gasteiger partial charge is 0.257 e. The van der Waals surface area contributed by atoms with E-state index in [0.717, 1.165) is 18.5 Å². The van der Waals surface area contributed by atoms with Gasteiger partial charge in [0.15, 0.2) is 0 Å². The predicted molar refractivity (Wildman–Crippen MR) is 113 cm³/mol. The lowest BCUT2D eigenvalue weighted by Crippen LogP contribution is -2.58. The Balaban J connectivity index is 1.74. The minimum atomic E-state index is -1.02. The van der Waals surface area contributed by atoms with Gasteiger partial charge in [0.2, 0.25) is 5.91 Å². The van der Waals surface area contributed by atoms with Gasteiger partial charge in [-0.1, -0.05) is 18.5 Å². The summed E-state index contributed by atoms with van der Waals surface area (Å²) in [6.45, 7) is 5.64. The Kier molecular flexibility index (Phi) is 6.99. The van der Waals surface area contributed by atoms with Crippen LogP contribution < -0.4 is 10.5 Å². The highest BCUT2D eigenvalue weighted by Crippen LogP contribution is 2.27. The fourth-order valence-corrected chi connectivity index (χ4v) is 3.63. The van der Waals surface area contributed by atoms with Gasteiger partial charge in [0.1, 0.15) is 18.0 Å². The molecule has 0 aliphatic carbocycles. The highest BCUT2D eigenvalue weighted by Gasteiger charge is 2.41. The summed E-state index contributed by atoms with van der Waals surface area (Å²) in [5, 5.41) is 4.87. The molecule has 3 rings (SSSR count). The normalized spacial score (nSPS) is 19.0. The Bertz CT molecular complexity index is 916. The van der Waals surface area contributed by atoms with E-state index < -0.39 is 11.5 Å². The number of hydrogen-bond acceptors (Lipinski definition) is 5. The number of aromatic nitrogens is 2. The number of rotatable bonds is 8. The lowest BCUT2D eigenvalue weighted by molar-refractivity contribution is -0.142. The lowest BCUT2D eigenvalue weighted by atomic mass is 9.97. The van der Waals surface area contributed by atoms with Crippen molar-refractivity contribution in [1.29, 1.82) is 0 Å². The highest BCUT2D eigenvalue weighted by molar-refractivity contribution is 6.31. The third kappa shape index (κ3) is 5.31. The van der Waals surface area contributed by atoms with Crippen LogP contribution in [0.5, 0.6) is 5.75 Å². The van der Waals surface area contributed by atoms with Crippen molar-refractivity contribution in [3.8, 4) is 5.75 Å². The molecule has 0 bridgehead atoms. The number of morpholine rings is 1. The van der Waals surface area contributed by atoms with Crippen LogP contribution in [0.2, 0.25) is 5.02 Å². The van der Waals surface area contributed by atoms with E-state index in [-0.39, 0.29) is 32.1 Å². The first-order chi connectivity index (χ1) is 14.3. The van der Waals surface area contributed by atoms with E-state index in [4.69, 9.17) is 26.8 Å². The maximum Gasteiger partial charge on any atom is 0.257 e. The van der Waals surface area contributed by atoms with Crippen LogP contribution in [0.25, 0.3) is 0 Å². The van der Waals surface area contributed by atoms with Crippen LogP contribution in [0.4, 0.5) is 0 Å². The summed E-state index contributed by atoms with van der Waals surface area (Å²) in [6, 6.07) is 5.31. The lowest BCUT2D eigenvalue weighted by Gasteiger charge is -2.41. The van der Waals surface area contributed by atoms with Crippen LogP contribution in [0, 0.1) is 6.92 Å². The molecule has 9 heteroatoms. The average Bonchev–Trinajstić information content (AvgIpc) is 3.17. The molecule has 1 atom stereocenters. The van der Waals surface area contributed by atoms with Gasteiger partial charge in [-0.2, -0.15) is 5.10 Å². The van der Waals surface area contributed by atoms with E-state index in [9.17, 15) is 9.59 Å². The molecule has 1 saturated heterocycles. The van der Waals surface area contributed by atoms with Crippen molar-refractivity contribution in [1.82, 2.24) is 14.7 Å². The van der Waals surface area contributed by atoms with E-state index in [1.807, 2.05) is 19.9 Å². The van der Waals surface area contributed by atoms with Crippen molar-refractivity contribution < 1.29 is 19.1 Å². The highest BCUT2D eigenvalue weighted by atomic mass is 35.5. The SMILES string of the molecule is CCCn1cc(C(=O)N2CCO[C@@](COc3ccc(Cl)c(C)c3)(CC(N)=O)C2)cn1. The largest absolute Gasteiger partial charge is 0.490 e. The number of hydrogen-bond donors (Lipinski definition) is 1. The molecule has 1 fully saturated rings. The number of halogens is 1. The number of nitrogens with two attached hydrogens (primary N) is 1. The zero-order valence-electron chi connectivity index (χ0n) is 17.3. The first-order valence-corrected chi connectivity index (χ1v) is 10.3. The second-order valence-corrected chi connectivity index (χ2v) is 8.00. The van der Waals surface area contributed by atoms with Gasteiger partial charge in [-0.05, 0) is 37.1 Å². The van der Waals surface area contributed by atoms with E-state index in [2.05, 4.69) is 5.10 Å². The number of aryl methyl sites for hydroxylation is 2. The first-order valence-electron chi connectivity index (χ1n) is 9.95. The first kappa shape index (κ1) is 22.1. The summed E-state index contributed by atoms with van der Waals surface area (Å²) in [6.07, 6.45) is 4.18. The summed E-state index contributed by atoms with van der Waals surface area (Å²) in [5.74, 6) is -0.0681. The van der Waals surface area contributed by atoms with Gasteiger partial charge in [0.25, 0.3) is 5.91 Å². The number of ether oxygens (including phenoxy) is 2. The van der Waals surface area contributed by atoms with Crippen molar-refractivity contribution >= 4 is 23.4 Å². The Hall–Kier alpha value is -2.58. The summed E-state index contributed by atoms with van der Waals surface area (Å²) in [4.78, 5) is 26.4. The van der Waals surface area contributed by atoms with Gasteiger partial charge in [-0.25, -0.2) is 0 Å². The quantitative estimate of drug-likeness (QED) is 0.687. The number of primary amides is 1. The third-order valence-electron chi connectivity index (χ3n) is 5.00. The predicted octanol–water partition coefficient (Wildman–Crippen LogP) is 2.42. The zero-order chi connectivity index (χ0) is 21.7. The van der Waals surface area contributed by atoms with Gasteiger partial charge in [0, 0.05) is 24.3 Å². The fourth-order valence-electron chi connectivity index (χ4n) is 3.51. The standard InChI is InChI=1S/C21H27ClN4O4/c1-3-6-26-12-16(11-24-26)20(28)25-7-8-30-21(13-25,10-19(23)27)14-29-17-4-5-18(22)15(2)9-17/h4-5,9,11-12H,3,6-8,10,13-14H2,1-2H3,(H2,23,27)/t21-/m0/s1. The Morgan fingerprint density at radius 3 is 2.90 bits per heavy atom. The third-order valence-corrected chi connectivity index (χ3v) is 5.42. The Labute approximate surface area is 180 Å². The molecule has 2 heterocycles. The second-order valence-electron chi connectivity index (χ2n) is 7.59. The second kappa shape index (κ2) is 9.49. The van der Waals surface area contributed by atoms with Crippen molar-refractivity contribution in [2.45, 2.75) is 38.8 Å². The number of carbonyl (C=O) groups excluding carboxylic acids is 2. The average molecular weight is 435 g/mol. The molecule has 8 nitrogen and oxygen atoms in total. The summed E-state index contributed by atoms with van der Waals surface area (Å²) < 4.78 is 13.6. The van der Waals surface area contributed by atoms with Gasteiger partial charge in [-0.3, -0.25) is 14.3 Å². The van der Waals surface area contributed by atoms with Crippen molar-refractivity contribution in [3.05, 3.63) is 46.7 Å². The molecule has 1 aliphatic heterocycles. The van der Waals surface area contributed by atoms with Crippen LogP contribution >= 0.6 is 11.6 Å². The molecular weight excluding hydrogens is 408 g/mol. The van der Waals surface area contributed by atoms with Gasteiger partial charge in [0.05, 0.1) is 31.3 Å². The van der Waals surface area contributed by atoms with E-state index in [1.54, 1.807) is 34.1 Å². The molecular formula is C21H27ClN4O4. The molecule has 0 spiro atoms. The molecule has 0 radical (unpaired) electrons. The van der Waals surface area contributed by atoms with Crippen LogP contribution in [0.3, 0.4) is 0 Å². The Morgan fingerprint density at radius 2 is 2.20 bits per heavy atom. The van der Waals surface area contributed by atoms with Gasteiger partial charge < -0.3 is 20.1 Å². The molecule has 1 aliphatic rings. The van der Waals surface area contributed by atoms with E-state index >= 15 is 0 Å². The van der Waals surface area contributed by atoms with Crippen molar-refractivity contribution in [2.75, 3.05) is 26.3 Å². The van der Waals surface area contributed by atoms with Crippen LogP contribution in [0.15, 0.2) is 30.6 Å². The van der Waals surface area contributed by atoms with Gasteiger partial charge in [-0.15, -0.1) is 0 Å². The molecule has 2 N–H and O–H groups in total. The van der Waals surface area contributed by atoms with E-state index in [0.29, 0.717) is 22.9 Å². The fraction of sp³-hybridized carbons (Fsp3) is 0.476. The molecule has 162 valence electrons.